The lowest BCUT2D eigenvalue weighted by Crippen LogP contribution is -2.28. The van der Waals surface area contributed by atoms with E-state index in [1.165, 1.54) is 12.1 Å². The molecular formula is C11H10BrCl2NO3S. The van der Waals surface area contributed by atoms with Gasteiger partial charge in [-0.15, -0.1) is 0 Å². The molecule has 1 fully saturated rings. The van der Waals surface area contributed by atoms with Crippen LogP contribution in [0.3, 0.4) is 0 Å². The number of hydrogen-bond acceptors (Lipinski definition) is 3. The summed E-state index contributed by atoms with van der Waals surface area (Å²) >= 11 is 9.17. The molecule has 1 aliphatic rings. The van der Waals surface area contributed by atoms with Crippen LogP contribution in [0.25, 0.3) is 0 Å². The molecule has 1 amide bonds. The van der Waals surface area contributed by atoms with Crippen LogP contribution in [-0.4, -0.2) is 32.3 Å². The fraction of sp³-hybridized carbons (Fsp3) is 0.364. The quantitative estimate of drug-likeness (QED) is 0.733. The summed E-state index contributed by atoms with van der Waals surface area (Å²) in [5, 5.41) is -0.130. The molecule has 0 unspecified atom stereocenters. The lowest BCUT2D eigenvalue weighted by molar-refractivity contribution is 0.0792. The number of benzene rings is 1. The number of likely N-dealkylation sites (tertiary alicyclic amines) is 1. The number of carbonyl (C=O) groups excluding carboxylic acids is 1. The van der Waals surface area contributed by atoms with Crippen LogP contribution in [0, 0.1) is 0 Å². The molecule has 0 bridgehead atoms. The number of amides is 1. The smallest absolute Gasteiger partial charge is 0.262 e. The molecule has 1 heterocycles. The molecule has 0 N–H and O–H groups in total. The van der Waals surface area contributed by atoms with Crippen LogP contribution < -0.4 is 0 Å². The van der Waals surface area contributed by atoms with Crippen LogP contribution in [0.15, 0.2) is 21.5 Å². The van der Waals surface area contributed by atoms with E-state index in [1.807, 2.05) is 0 Å². The maximum absolute atomic E-state index is 12.3. The number of rotatable bonds is 2. The standard InChI is InChI=1S/C11H10BrCl2NO3S/c12-7-5-8(11(16)15-3-1-2-4-15)10(13)9(6-7)19(14,17)18/h5-6H,1-4H2. The van der Waals surface area contributed by atoms with Crippen molar-refractivity contribution in [3.05, 3.63) is 27.2 Å². The largest absolute Gasteiger partial charge is 0.339 e. The third-order valence-electron chi connectivity index (χ3n) is 2.89. The van der Waals surface area contributed by atoms with Crippen molar-refractivity contribution >= 4 is 53.2 Å². The van der Waals surface area contributed by atoms with Crippen molar-refractivity contribution < 1.29 is 13.2 Å². The molecular weight excluding hydrogens is 377 g/mol. The van der Waals surface area contributed by atoms with E-state index in [0.29, 0.717) is 17.6 Å². The molecule has 104 valence electrons. The predicted molar refractivity (Wildman–Crippen MR) is 77.3 cm³/mol. The van der Waals surface area contributed by atoms with Gasteiger partial charge in [-0.3, -0.25) is 4.79 Å². The van der Waals surface area contributed by atoms with Gasteiger partial charge in [0, 0.05) is 28.2 Å². The minimum atomic E-state index is -4.00. The summed E-state index contributed by atoms with van der Waals surface area (Å²) in [5.74, 6) is -0.273. The van der Waals surface area contributed by atoms with E-state index in [9.17, 15) is 13.2 Å². The summed E-state index contributed by atoms with van der Waals surface area (Å²) in [5.41, 5.74) is 0.150. The first kappa shape index (κ1) is 15.1. The van der Waals surface area contributed by atoms with Gasteiger partial charge in [-0.1, -0.05) is 27.5 Å². The summed E-state index contributed by atoms with van der Waals surface area (Å²) in [6.07, 6.45) is 1.88. The lowest BCUT2D eigenvalue weighted by atomic mass is 10.2. The molecule has 0 aliphatic carbocycles. The van der Waals surface area contributed by atoms with Crippen molar-refractivity contribution in [3.8, 4) is 0 Å². The molecule has 1 saturated heterocycles. The zero-order chi connectivity index (χ0) is 14.2. The van der Waals surface area contributed by atoms with Crippen molar-refractivity contribution in [2.75, 3.05) is 13.1 Å². The third-order valence-corrected chi connectivity index (χ3v) is 5.21. The van der Waals surface area contributed by atoms with Gasteiger partial charge in [0.1, 0.15) is 4.90 Å². The van der Waals surface area contributed by atoms with Gasteiger partial charge in [-0.25, -0.2) is 8.42 Å². The number of halogens is 3. The van der Waals surface area contributed by atoms with Gasteiger partial charge in [-0.05, 0) is 25.0 Å². The SMILES string of the molecule is O=C(c1cc(Br)cc(S(=O)(=O)Cl)c1Cl)N1CCCC1. The van der Waals surface area contributed by atoms with Gasteiger partial charge >= 0.3 is 0 Å². The second kappa shape index (κ2) is 5.60. The van der Waals surface area contributed by atoms with Crippen LogP contribution in [0.2, 0.25) is 5.02 Å². The van der Waals surface area contributed by atoms with Gasteiger partial charge in [0.15, 0.2) is 0 Å². The molecule has 0 spiro atoms. The summed E-state index contributed by atoms with van der Waals surface area (Å²) in [4.78, 5) is 13.7. The van der Waals surface area contributed by atoms with E-state index in [1.54, 1.807) is 4.90 Å². The second-order valence-corrected chi connectivity index (χ2v) is 8.03. The molecule has 19 heavy (non-hydrogen) atoms. The zero-order valence-corrected chi connectivity index (χ0v) is 13.6. The van der Waals surface area contributed by atoms with Crippen molar-refractivity contribution in [2.24, 2.45) is 0 Å². The van der Waals surface area contributed by atoms with Crippen LogP contribution in [0.5, 0.6) is 0 Å². The fourth-order valence-corrected chi connectivity index (χ4v) is 4.17. The molecule has 1 aliphatic heterocycles. The zero-order valence-electron chi connectivity index (χ0n) is 9.70. The van der Waals surface area contributed by atoms with E-state index in [0.717, 1.165) is 12.8 Å². The monoisotopic (exact) mass is 385 g/mol. The van der Waals surface area contributed by atoms with Crippen molar-refractivity contribution in [1.82, 2.24) is 4.90 Å². The predicted octanol–water partition coefficient (Wildman–Crippen LogP) is 3.27. The van der Waals surface area contributed by atoms with Gasteiger partial charge in [0.25, 0.3) is 15.0 Å². The number of nitrogens with zero attached hydrogens (tertiary/aromatic N) is 1. The molecule has 0 saturated carbocycles. The Kier molecular flexibility index (Phi) is 4.45. The van der Waals surface area contributed by atoms with E-state index in [-0.39, 0.29) is 21.4 Å². The Balaban J connectivity index is 2.52. The Hall–Kier alpha value is -0.300. The molecule has 4 nitrogen and oxygen atoms in total. The fourth-order valence-electron chi connectivity index (χ4n) is 1.99. The highest BCUT2D eigenvalue weighted by Gasteiger charge is 2.26. The molecule has 2 rings (SSSR count). The average Bonchev–Trinajstić information content (AvgIpc) is 2.83. The van der Waals surface area contributed by atoms with E-state index < -0.39 is 9.05 Å². The van der Waals surface area contributed by atoms with Crippen LogP contribution >= 0.6 is 38.2 Å². The highest BCUT2D eigenvalue weighted by Crippen LogP contribution is 2.32. The first-order valence-electron chi connectivity index (χ1n) is 5.53. The number of hydrogen-bond donors (Lipinski definition) is 0. The Labute approximate surface area is 129 Å². The van der Waals surface area contributed by atoms with Crippen LogP contribution in [-0.2, 0) is 9.05 Å². The number of carbonyl (C=O) groups is 1. The topological polar surface area (TPSA) is 54.5 Å². The van der Waals surface area contributed by atoms with Crippen molar-refractivity contribution in [1.29, 1.82) is 0 Å². The summed E-state index contributed by atoms with van der Waals surface area (Å²) in [6.45, 7) is 1.31. The molecule has 0 aromatic heterocycles. The molecule has 0 radical (unpaired) electrons. The van der Waals surface area contributed by atoms with E-state index in [4.69, 9.17) is 22.3 Å². The average molecular weight is 387 g/mol. The molecule has 8 heteroatoms. The van der Waals surface area contributed by atoms with E-state index >= 15 is 0 Å². The van der Waals surface area contributed by atoms with Gasteiger partial charge in [-0.2, -0.15) is 0 Å². The lowest BCUT2D eigenvalue weighted by Gasteiger charge is -2.17. The minimum absolute atomic E-state index is 0.130. The van der Waals surface area contributed by atoms with Crippen molar-refractivity contribution in [2.45, 2.75) is 17.7 Å². The van der Waals surface area contributed by atoms with Crippen LogP contribution in [0.4, 0.5) is 0 Å². The highest BCUT2D eigenvalue weighted by atomic mass is 79.9. The third kappa shape index (κ3) is 3.24. The summed E-state index contributed by atoms with van der Waals surface area (Å²) in [7, 11) is 1.32. The highest BCUT2D eigenvalue weighted by molar-refractivity contribution is 9.10. The maximum atomic E-state index is 12.3. The first-order chi connectivity index (χ1) is 8.80. The van der Waals surface area contributed by atoms with E-state index in [2.05, 4.69) is 15.9 Å². The Bertz CT molecular complexity index is 627. The van der Waals surface area contributed by atoms with Gasteiger partial charge < -0.3 is 4.90 Å². The normalized spacial score (nSPS) is 15.8. The van der Waals surface area contributed by atoms with Gasteiger partial charge in [0.05, 0.1) is 10.6 Å². The molecule has 1 aromatic carbocycles. The Morgan fingerprint density at radius 1 is 1.26 bits per heavy atom. The van der Waals surface area contributed by atoms with Crippen LogP contribution in [0.1, 0.15) is 23.2 Å². The molecule has 0 atom stereocenters. The maximum Gasteiger partial charge on any atom is 0.262 e. The molecule has 1 aromatic rings. The van der Waals surface area contributed by atoms with Gasteiger partial charge in [0.2, 0.25) is 0 Å². The summed E-state index contributed by atoms with van der Waals surface area (Å²) < 4.78 is 23.3. The summed E-state index contributed by atoms with van der Waals surface area (Å²) in [6, 6.07) is 2.79. The van der Waals surface area contributed by atoms with Crippen molar-refractivity contribution in [3.63, 3.8) is 0 Å². The second-order valence-electron chi connectivity index (χ2n) is 4.20. The Morgan fingerprint density at radius 3 is 2.37 bits per heavy atom. The first-order valence-corrected chi connectivity index (χ1v) is 9.01. The Morgan fingerprint density at radius 2 is 1.84 bits per heavy atom. The minimum Gasteiger partial charge on any atom is -0.339 e.